The minimum atomic E-state index is -0.270. The molecule has 17 heavy (non-hydrogen) atoms. The van der Waals surface area contributed by atoms with E-state index in [1.165, 1.54) is 13.4 Å². The Bertz CT molecular complexity index is 526. The molecule has 0 aliphatic rings. The number of fused-ring (bicyclic) bond motifs is 1. The Labute approximate surface area is 103 Å². The van der Waals surface area contributed by atoms with Crippen LogP contribution >= 0.6 is 11.3 Å². The van der Waals surface area contributed by atoms with Gasteiger partial charge in [0.2, 0.25) is 0 Å². The van der Waals surface area contributed by atoms with Crippen LogP contribution in [-0.2, 0) is 9.53 Å². The van der Waals surface area contributed by atoms with Gasteiger partial charge in [0.15, 0.2) is 0 Å². The minimum Gasteiger partial charge on any atom is -0.468 e. The molecule has 2 heterocycles. The number of likely N-dealkylation sites (N-methyl/N-ethyl adjacent to an activating group) is 1. The lowest BCUT2D eigenvalue weighted by atomic mass is 10.3. The number of hydrogen-bond acceptors (Lipinski definition) is 6. The number of hydrogen-bond donors (Lipinski definition) is 0. The fraction of sp³-hybridized carbons (Fsp3) is 0.364. The Hall–Kier alpha value is -1.69. The molecule has 0 amide bonds. The Balaban J connectivity index is 2.35. The fourth-order valence-electron chi connectivity index (χ4n) is 1.59. The summed E-state index contributed by atoms with van der Waals surface area (Å²) in [5.41, 5.74) is 0. The van der Waals surface area contributed by atoms with E-state index < -0.39 is 0 Å². The standard InChI is InChI=1S/C11H13N3O2S/c1-3-14(6-9(15)16-2)10-8-4-5-17-11(8)13-7-12-10/h4-5,7H,3,6H2,1-2H3. The van der Waals surface area contributed by atoms with Crippen LogP contribution in [0.1, 0.15) is 6.92 Å². The van der Waals surface area contributed by atoms with Crippen LogP contribution in [0.15, 0.2) is 17.8 Å². The molecule has 0 bridgehead atoms. The van der Waals surface area contributed by atoms with Crippen molar-refractivity contribution in [3.63, 3.8) is 0 Å². The first-order valence-electron chi connectivity index (χ1n) is 5.26. The van der Waals surface area contributed by atoms with E-state index in [1.54, 1.807) is 11.3 Å². The summed E-state index contributed by atoms with van der Waals surface area (Å²) in [6.45, 7) is 2.87. The number of esters is 1. The third kappa shape index (κ3) is 2.36. The maximum Gasteiger partial charge on any atom is 0.325 e. The average molecular weight is 251 g/mol. The molecule has 0 unspecified atom stereocenters. The van der Waals surface area contributed by atoms with Gasteiger partial charge in [-0.05, 0) is 18.4 Å². The number of carbonyl (C=O) groups excluding carboxylic acids is 1. The van der Waals surface area contributed by atoms with Gasteiger partial charge in [0, 0.05) is 6.54 Å². The summed E-state index contributed by atoms with van der Waals surface area (Å²) in [6.07, 6.45) is 1.52. The smallest absolute Gasteiger partial charge is 0.325 e. The molecular weight excluding hydrogens is 238 g/mol. The molecule has 5 nitrogen and oxygen atoms in total. The summed E-state index contributed by atoms with van der Waals surface area (Å²) in [5, 5.41) is 2.94. The molecule has 0 saturated carbocycles. The number of ether oxygens (including phenoxy) is 1. The summed E-state index contributed by atoms with van der Waals surface area (Å²) >= 11 is 1.56. The SMILES string of the molecule is CCN(CC(=O)OC)c1ncnc2sccc12. The summed E-state index contributed by atoms with van der Waals surface area (Å²) in [7, 11) is 1.39. The molecule has 0 spiro atoms. The van der Waals surface area contributed by atoms with Crippen LogP contribution in [0.4, 0.5) is 5.82 Å². The maximum absolute atomic E-state index is 11.3. The van der Waals surface area contributed by atoms with Gasteiger partial charge in [0.05, 0.1) is 12.5 Å². The zero-order valence-electron chi connectivity index (χ0n) is 9.71. The zero-order chi connectivity index (χ0) is 12.3. The number of carbonyl (C=O) groups is 1. The van der Waals surface area contributed by atoms with E-state index in [-0.39, 0.29) is 12.5 Å². The van der Waals surface area contributed by atoms with Crippen molar-refractivity contribution in [2.24, 2.45) is 0 Å². The van der Waals surface area contributed by atoms with Crippen LogP contribution in [0.3, 0.4) is 0 Å². The summed E-state index contributed by atoms with van der Waals surface area (Å²) < 4.78 is 4.68. The highest BCUT2D eigenvalue weighted by Gasteiger charge is 2.14. The van der Waals surface area contributed by atoms with E-state index >= 15 is 0 Å². The summed E-state index contributed by atoms with van der Waals surface area (Å²) in [5.74, 6) is 0.512. The van der Waals surface area contributed by atoms with Gasteiger partial charge < -0.3 is 9.64 Å². The molecule has 2 aromatic heterocycles. The molecule has 0 aliphatic heterocycles. The van der Waals surface area contributed by atoms with Crippen molar-refractivity contribution >= 4 is 33.3 Å². The lowest BCUT2D eigenvalue weighted by Gasteiger charge is -2.20. The first kappa shape index (κ1) is 11.8. The van der Waals surface area contributed by atoms with Gasteiger partial charge in [-0.25, -0.2) is 9.97 Å². The third-order valence-corrected chi connectivity index (χ3v) is 3.29. The molecule has 2 rings (SSSR count). The van der Waals surface area contributed by atoms with Gasteiger partial charge >= 0.3 is 5.97 Å². The zero-order valence-corrected chi connectivity index (χ0v) is 10.5. The van der Waals surface area contributed by atoms with Crippen molar-refractivity contribution < 1.29 is 9.53 Å². The molecule has 0 saturated heterocycles. The van der Waals surface area contributed by atoms with E-state index in [2.05, 4.69) is 14.7 Å². The number of methoxy groups -OCH3 is 1. The molecule has 0 radical (unpaired) electrons. The lowest BCUT2D eigenvalue weighted by molar-refractivity contribution is -0.138. The number of aromatic nitrogens is 2. The van der Waals surface area contributed by atoms with E-state index in [1.807, 2.05) is 23.3 Å². The third-order valence-electron chi connectivity index (χ3n) is 2.47. The van der Waals surface area contributed by atoms with E-state index in [0.29, 0.717) is 6.54 Å². The number of anilines is 1. The van der Waals surface area contributed by atoms with Gasteiger partial charge in [-0.2, -0.15) is 0 Å². The molecule has 2 aromatic rings. The largest absolute Gasteiger partial charge is 0.468 e. The Morgan fingerprint density at radius 3 is 3.06 bits per heavy atom. The summed E-state index contributed by atoms with van der Waals surface area (Å²) in [6, 6.07) is 1.97. The molecular formula is C11H13N3O2S. The van der Waals surface area contributed by atoms with Gasteiger partial charge in [-0.15, -0.1) is 11.3 Å². The molecule has 0 N–H and O–H groups in total. The molecule has 0 aliphatic carbocycles. The summed E-state index contributed by atoms with van der Waals surface area (Å²) in [4.78, 5) is 22.6. The molecule has 0 fully saturated rings. The predicted octanol–water partition coefficient (Wildman–Crippen LogP) is 1.69. The topological polar surface area (TPSA) is 55.3 Å². The van der Waals surface area contributed by atoms with Crippen molar-refractivity contribution in [2.75, 3.05) is 25.1 Å². The second-order valence-electron chi connectivity index (χ2n) is 3.43. The Kier molecular flexibility index (Phi) is 3.53. The normalized spacial score (nSPS) is 10.5. The van der Waals surface area contributed by atoms with Crippen LogP contribution in [-0.4, -0.2) is 36.1 Å². The average Bonchev–Trinajstić information content (AvgIpc) is 2.83. The van der Waals surface area contributed by atoms with Gasteiger partial charge in [-0.3, -0.25) is 4.79 Å². The van der Waals surface area contributed by atoms with Gasteiger partial charge in [0.25, 0.3) is 0 Å². The number of thiophene rings is 1. The van der Waals surface area contributed by atoms with Crippen molar-refractivity contribution in [3.05, 3.63) is 17.8 Å². The van der Waals surface area contributed by atoms with Crippen LogP contribution in [0, 0.1) is 0 Å². The lowest BCUT2D eigenvalue weighted by Crippen LogP contribution is -2.31. The Morgan fingerprint density at radius 1 is 1.53 bits per heavy atom. The second-order valence-corrected chi connectivity index (χ2v) is 4.32. The highest BCUT2D eigenvalue weighted by Crippen LogP contribution is 2.26. The molecule has 0 aromatic carbocycles. The molecule has 0 atom stereocenters. The van der Waals surface area contributed by atoms with Crippen LogP contribution < -0.4 is 4.90 Å². The second kappa shape index (κ2) is 5.09. The minimum absolute atomic E-state index is 0.203. The quantitative estimate of drug-likeness (QED) is 0.774. The van der Waals surface area contributed by atoms with Crippen molar-refractivity contribution in [2.45, 2.75) is 6.92 Å². The number of nitrogens with zero attached hydrogens (tertiary/aromatic N) is 3. The van der Waals surface area contributed by atoms with Gasteiger partial charge in [-0.1, -0.05) is 0 Å². The molecule has 90 valence electrons. The van der Waals surface area contributed by atoms with Crippen molar-refractivity contribution in [1.29, 1.82) is 0 Å². The highest BCUT2D eigenvalue weighted by atomic mass is 32.1. The van der Waals surface area contributed by atoms with Crippen LogP contribution in [0.2, 0.25) is 0 Å². The first-order chi connectivity index (χ1) is 8.26. The van der Waals surface area contributed by atoms with E-state index in [4.69, 9.17) is 0 Å². The monoisotopic (exact) mass is 251 g/mol. The highest BCUT2D eigenvalue weighted by molar-refractivity contribution is 7.16. The predicted molar refractivity (Wildman–Crippen MR) is 67.3 cm³/mol. The van der Waals surface area contributed by atoms with E-state index in [9.17, 15) is 4.79 Å². The fourth-order valence-corrected chi connectivity index (χ4v) is 2.31. The van der Waals surface area contributed by atoms with Crippen LogP contribution in [0.5, 0.6) is 0 Å². The first-order valence-corrected chi connectivity index (χ1v) is 6.14. The number of rotatable bonds is 4. The Morgan fingerprint density at radius 2 is 2.35 bits per heavy atom. The van der Waals surface area contributed by atoms with Crippen molar-refractivity contribution in [1.82, 2.24) is 9.97 Å². The van der Waals surface area contributed by atoms with Crippen LogP contribution in [0.25, 0.3) is 10.2 Å². The maximum atomic E-state index is 11.3. The van der Waals surface area contributed by atoms with Gasteiger partial charge in [0.1, 0.15) is 23.5 Å². The van der Waals surface area contributed by atoms with Crippen molar-refractivity contribution in [3.8, 4) is 0 Å². The van der Waals surface area contributed by atoms with E-state index in [0.717, 1.165) is 16.0 Å². The molecule has 6 heteroatoms.